The number of hydrogen-bond acceptors (Lipinski definition) is 3. The lowest BCUT2D eigenvalue weighted by molar-refractivity contribution is -0.134. The summed E-state index contributed by atoms with van der Waals surface area (Å²) in [6.07, 6.45) is 2.10. The van der Waals surface area contributed by atoms with E-state index >= 15 is 0 Å². The smallest absolute Gasteiger partial charge is 0.238 e. The summed E-state index contributed by atoms with van der Waals surface area (Å²) < 4.78 is 1.03. The van der Waals surface area contributed by atoms with E-state index in [2.05, 4.69) is 26.1 Å². The summed E-state index contributed by atoms with van der Waals surface area (Å²) in [4.78, 5) is 28.2. The van der Waals surface area contributed by atoms with Gasteiger partial charge in [0.1, 0.15) is 0 Å². The van der Waals surface area contributed by atoms with Gasteiger partial charge < -0.3 is 10.2 Å². The fourth-order valence-electron chi connectivity index (χ4n) is 2.84. The summed E-state index contributed by atoms with van der Waals surface area (Å²) in [7, 11) is 0. The van der Waals surface area contributed by atoms with Gasteiger partial charge >= 0.3 is 0 Å². The maximum Gasteiger partial charge on any atom is 0.238 e. The lowest BCUT2D eigenvalue weighted by Gasteiger charge is -2.34. The number of halogens is 1. The minimum Gasteiger partial charge on any atom is -0.340 e. The number of carbonyl (C=O) groups excluding carboxylic acids is 2. The van der Waals surface area contributed by atoms with E-state index < -0.39 is 0 Å². The van der Waals surface area contributed by atoms with Crippen molar-refractivity contribution >= 4 is 33.4 Å². The molecule has 5 nitrogen and oxygen atoms in total. The first-order chi connectivity index (χ1) is 11.0. The van der Waals surface area contributed by atoms with Gasteiger partial charge in [-0.25, -0.2) is 0 Å². The predicted molar refractivity (Wildman–Crippen MR) is 93.3 cm³/mol. The molecule has 1 saturated heterocycles. The Labute approximate surface area is 145 Å². The highest BCUT2D eigenvalue weighted by Crippen LogP contribution is 2.31. The molecule has 1 aliphatic carbocycles. The third-order valence-corrected chi connectivity index (χ3v) is 5.31. The summed E-state index contributed by atoms with van der Waals surface area (Å²) in [5, 5.41) is 2.94. The average molecular weight is 380 g/mol. The molecule has 0 spiro atoms. The van der Waals surface area contributed by atoms with E-state index in [1.165, 1.54) is 0 Å². The number of rotatable bonds is 4. The first kappa shape index (κ1) is 16.5. The second-order valence-corrected chi connectivity index (χ2v) is 7.24. The van der Waals surface area contributed by atoms with Gasteiger partial charge in [0.25, 0.3) is 0 Å². The second-order valence-electron chi connectivity index (χ2n) is 6.39. The molecule has 0 atom stereocenters. The number of aryl methyl sites for hydroxylation is 1. The van der Waals surface area contributed by atoms with Crippen LogP contribution in [0.5, 0.6) is 0 Å². The fourth-order valence-corrected chi connectivity index (χ4v) is 3.09. The van der Waals surface area contributed by atoms with Crippen LogP contribution in [0.4, 0.5) is 5.69 Å². The molecule has 3 rings (SSSR count). The Hall–Kier alpha value is -1.40. The first-order valence-electron chi connectivity index (χ1n) is 8.10. The van der Waals surface area contributed by atoms with Crippen LogP contribution in [0.15, 0.2) is 22.7 Å². The molecule has 1 N–H and O–H groups in total. The predicted octanol–water partition coefficient (Wildman–Crippen LogP) is 2.25. The molecule has 1 aromatic carbocycles. The molecule has 23 heavy (non-hydrogen) atoms. The maximum atomic E-state index is 12.2. The summed E-state index contributed by atoms with van der Waals surface area (Å²) in [5.41, 5.74) is 1.91. The Balaban J connectivity index is 1.45. The van der Waals surface area contributed by atoms with E-state index in [9.17, 15) is 9.59 Å². The van der Waals surface area contributed by atoms with Gasteiger partial charge in [0.05, 0.1) is 6.54 Å². The molecule has 2 aliphatic rings. The van der Waals surface area contributed by atoms with Crippen LogP contribution in [0.25, 0.3) is 0 Å². The van der Waals surface area contributed by atoms with E-state index in [0.717, 1.165) is 54.7 Å². The molecule has 1 aromatic rings. The van der Waals surface area contributed by atoms with E-state index in [4.69, 9.17) is 0 Å². The van der Waals surface area contributed by atoms with Gasteiger partial charge in [-0.15, -0.1) is 0 Å². The van der Waals surface area contributed by atoms with Gasteiger partial charge in [-0.3, -0.25) is 14.5 Å². The number of hydrogen-bond donors (Lipinski definition) is 1. The van der Waals surface area contributed by atoms with Crippen molar-refractivity contribution in [1.29, 1.82) is 0 Å². The Kier molecular flexibility index (Phi) is 5.02. The Morgan fingerprint density at radius 2 is 1.91 bits per heavy atom. The van der Waals surface area contributed by atoms with E-state index in [1.54, 1.807) is 0 Å². The fraction of sp³-hybridized carbons (Fsp3) is 0.529. The molecule has 2 fully saturated rings. The van der Waals surface area contributed by atoms with Gasteiger partial charge in [0.2, 0.25) is 11.8 Å². The summed E-state index contributed by atoms with van der Waals surface area (Å²) in [6.45, 7) is 5.38. The zero-order valence-corrected chi connectivity index (χ0v) is 14.9. The Morgan fingerprint density at radius 3 is 2.52 bits per heavy atom. The Morgan fingerprint density at radius 1 is 1.22 bits per heavy atom. The molecule has 0 unspecified atom stereocenters. The summed E-state index contributed by atoms with van der Waals surface area (Å²) in [5.74, 6) is 0.582. The molecule has 0 bridgehead atoms. The van der Waals surface area contributed by atoms with Crippen molar-refractivity contribution in [1.82, 2.24) is 9.80 Å². The van der Waals surface area contributed by atoms with Crippen molar-refractivity contribution in [3.63, 3.8) is 0 Å². The number of anilines is 1. The molecule has 1 aliphatic heterocycles. The van der Waals surface area contributed by atoms with Crippen molar-refractivity contribution in [3.8, 4) is 0 Å². The van der Waals surface area contributed by atoms with Crippen LogP contribution in [-0.4, -0.2) is 54.3 Å². The third kappa shape index (κ3) is 4.32. The van der Waals surface area contributed by atoms with Crippen molar-refractivity contribution in [2.75, 3.05) is 38.0 Å². The van der Waals surface area contributed by atoms with Crippen LogP contribution < -0.4 is 5.32 Å². The van der Waals surface area contributed by atoms with Gasteiger partial charge in [-0.2, -0.15) is 0 Å². The first-order valence-corrected chi connectivity index (χ1v) is 8.89. The molecular formula is C17H22BrN3O2. The lowest BCUT2D eigenvalue weighted by atomic mass is 10.2. The minimum absolute atomic E-state index is 0.00584. The van der Waals surface area contributed by atoms with Crippen LogP contribution in [0, 0.1) is 12.8 Å². The van der Waals surface area contributed by atoms with Crippen LogP contribution in [0.3, 0.4) is 0 Å². The highest BCUT2D eigenvalue weighted by molar-refractivity contribution is 9.10. The van der Waals surface area contributed by atoms with Crippen molar-refractivity contribution < 1.29 is 9.59 Å². The number of carbonyl (C=O) groups is 2. The Bertz CT molecular complexity index is 608. The zero-order chi connectivity index (χ0) is 16.4. The van der Waals surface area contributed by atoms with E-state index in [0.29, 0.717) is 12.5 Å². The summed E-state index contributed by atoms with van der Waals surface area (Å²) in [6, 6.07) is 5.78. The van der Waals surface area contributed by atoms with Gasteiger partial charge in [0, 0.05) is 42.3 Å². The standard InChI is InChI=1S/C17H22BrN3O2/c1-12-10-14(4-5-15(12)18)19-16(22)11-20-6-8-21(9-7-20)17(23)13-2-3-13/h4-5,10,13H,2-3,6-9,11H2,1H3,(H,19,22). The number of amides is 2. The molecule has 124 valence electrons. The topological polar surface area (TPSA) is 52.7 Å². The van der Waals surface area contributed by atoms with Crippen LogP contribution in [-0.2, 0) is 9.59 Å². The summed E-state index contributed by atoms with van der Waals surface area (Å²) >= 11 is 3.45. The quantitative estimate of drug-likeness (QED) is 0.872. The molecule has 6 heteroatoms. The molecule has 0 radical (unpaired) electrons. The van der Waals surface area contributed by atoms with E-state index in [1.807, 2.05) is 30.0 Å². The number of nitrogens with one attached hydrogen (secondary N) is 1. The van der Waals surface area contributed by atoms with Crippen LogP contribution in [0.1, 0.15) is 18.4 Å². The molecule has 2 amide bonds. The van der Waals surface area contributed by atoms with Crippen molar-refractivity contribution in [2.45, 2.75) is 19.8 Å². The van der Waals surface area contributed by atoms with Crippen molar-refractivity contribution in [2.24, 2.45) is 5.92 Å². The van der Waals surface area contributed by atoms with Gasteiger partial charge in [-0.05, 0) is 43.5 Å². The van der Waals surface area contributed by atoms with E-state index in [-0.39, 0.29) is 11.8 Å². The second kappa shape index (κ2) is 7.01. The van der Waals surface area contributed by atoms with Gasteiger partial charge in [0.15, 0.2) is 0 Å². The minimum atomic E-state index is -0.00584. The molecule has 1 heterocycles. The van der Waals surface area contributed by atoms with Crippen molar-refractivity contribution in [3.05, 3.63) is 28.2 Å². The monoisotopic (exact) mass is 379 g/mol. The van der Waals surface area contributed by atoms with Crippen LogP contribution in [0.2, 0.25) is 0 Å². The molecule has 1 saturated carbocycles. The highest BCUT2D eigenvalue weighted by atomic mass is 79.9. The number of nitrogens with zero attached hydrogens (tertiary/aromatic N) is 2. The highest BCUT2D eigenvalue weighted by Gasteiger charge is 2.34. The van der Waals surface area contributed by atoms with Crippen LogP contribution >= 0.6 is 15.9 Å². The molecule has 0 aromatic heterocycles. The maximum absolute atomic E-state index is 12.2. The SMILES string of the molecule is Cc1cc(NC(=O)CN2CCN(C(=O)C3CC3)CC2)ccc1Br. The largest absolute Gasteiger partial charge is 0.340 e. The normalized spacial score (nSPS) is 18.8. The molecular weight excluding hydrogens is 358 g/mol. The average Bonchev–Trinajstić information content (AvgIpc) is 3.36. The zero-order valence-electron chi connectivity index (χ0n) is 13.3. The third-order valence-electron chi connectivity index (χ3n) is 4.42. The lowest BCUT2D eigenvalue weighted by Crippen LogP contribution is -2.50. The van der Waals surface area contributed by atoms with Gasteiger partial charge in [-0.1, -0.05) is 15.9 Å². The number of benzene rings is 1. The number of piperazine rings is 1.